The number of halogens is 1. The van der Waals surface area contributed by atoms with Crippen LogP contribution in [-0.4, -0.2) is 10.8 Å². The third-order valence-corrected chi connectivity index (χ3v) is 5.85. The maximum atomic E-state index is 6.04. The second-order valence-electron chi connectivity index (χ2n) is 6.20. The molecule has 0 unspecified atom stereocenters. The fourth-order valence-corrected chi connectivity index (χ4v) is 4.52. The highest BCUT2D eigenvalue weighted by Crippen LogP contribution is 2.37. The third kappa shape index (κ3) is 2.68. The highest BCUT2D eigenvalue weighted by atomic mass is 35.5. The summed E-state index contributed by atoms with van der Waals surface area (Å²) in [6.07, 6.45) is 7.21. The summed E-state index contributed by atoms with van der Waals surface area (Å²) >= 11 is 7.89. The minimum absolute atomic E-state index is 0.804. The van der Waals surface area contributed by atoms with Crippen LogP contribution >= 0.6 is 23.4 Å². The molecular weight excluding hydrogens is 322 g/mol. The molecule has 0 radical (unpaired) electrons. The van der Waals surface area contributed by atoms with Crippen molar-refractivity contribution in [2.75, 3.05) is 6.26 Å². The van der Waals surface area contributed by atoms with E-state index >= 15 is 0 Å². The van der Waals surface area contributed by atoms with Gasteiger partial charge in [-0.05, 0) is 61.3 Å². The van der Waals surface area contributed by atoms with Crippen LogP contribution in [0.15, 0.2) is 47.4 Å². The number of nitrogens with zero attached hydrogens (tertiary/aromatic N) is 1. The zero-order valence-electron chi connectivity index (χ0n) is 13.3. The summed E-state index contributed by atoms with van der Waals surface area (Å²) in [5, 5.41) is 2.26. The van der Waals surface area contributed by atoms with Gasteiger partial charge in [-0.15, -0.1) is 11.8 Å². The first kappa shape index (κ1) is 15.2. The molecular formula is C20H20ClNS. The second-order valence-corrected chi connectivity index (χ2v) is 7.49. The molecule has 0 fully saturated rings. The maximum absolute atomic E-state index is 6.04. The first-order valence-electron chi connectivity index (χ1n) is 8.19. The summed E-state index contributed by atoms with van der Waals surface area (Å²) in [6.45, 7) is 0.931. The van der Waals surface area contributed by atoms with Crippen molar-refractivity contribution >= 4 is 34.3 Å². The molecule has 2 aromatic carbocycles. The summed E-state index contributed by atoms with van der Waals surface area (Å²) in [7, 11) is 0. The van der Waals surface area contributed by atoms with E-state index in [1.54, 1.807) is 11.3 Å². The van der Waals surface area contributed by atoms with E-state index in [2.05, 4.69) is 41.2 Å². The standard InChI is InChI=1S/C20H20ClNS/c1-23-19-8-4-6-17-16-5-2-3-7-18(16)22(20(17)19)13-14-9-11-15(21)12-10-14/h4,6,8-12H,2-3,5,7,13H2,1H3. The Morgan fingerprint density at radius 1 is 1.04 bits per heavy atom. The lowest BCUT2D eigenvalue weighted by Gasteiger charge is -2.16. The zero-order chi connectivity index (χ0) is 15.8. The number of fused-ring (bicyclic) bond motifs is 3. The van der Waals surface area contributed by atoms with Crippen LogP contribution in [-0.2, 0) is 19.4 Å². The number of thioether (sulfide) groups is 1. The number of benzene rings is 2. The zero-order valence-corrected chi connectivity index (χ0v) is 14.9. The minimum Gasteiger partial charge on any atom is -0.339 e. The molecule has 4 rings (SSSR count). The molecule has 0 atom stereocenters. The van der Waals surface area contributed by atoms with Gasteiger partial charge in [0, 0.05) is 27.5 Å². The van der Waals surface area contributed by atoms with Crippen molar-refractivity contribution in [2.45, 2.75) is 37.1 Å². The number of hydrogen-bond acceptors (Lipinski definition) is 1. The lowest BCUT2D eigenvalue weighted by atomic mass is 9.95. The summed E-state index contributed by atoms with van der Waals surface area (Å²) in [5.41, 5.74) is 5.86. The van der Waals surface area contributed by atoms with Crippen molar-refractivity contribution in [1.29, 1.82) is 0 Å². The van der Waals surface area contributed by atoms with Gasteiger partial charge >= 0.3 is 0 Å². The second kappa shape index (κ2) is 6.26. The molecule has 23 heavy (non-hydrogen) atoms. The fraction of sp³-hybridized carbons (Fsp3) is 0.300. The lowest BCUT2D eigenvalue weighted by molar-refractivity contribution is 0.637. The van der Waals surface area contributed by atoms with E-state index in [1.807, 2.05) is 23.9 Å². The third-order valence-electron chi connectivity index (χ3n) is 4.83. The molecule has 0 saturated carbocycles. The van der Waals surface area contributed by atoms with Gasteiger partial charge in [0.25, 0.3) is 0 Å². The summed E-state index contributed by atoms with van der Waals surface area (Å²) < 4.78 is 2.55. The quantitative estimate of drug-likeness (QED) is 0.533. The Morgan fingerprint density at radius 3 is 2.61 bits per heavy atom. The topological polar surface area (TPSA) is 4.93 Å². The molecule has 1 aliphatic carbocycles. The Balaban J connectivity index is 1.91. The SMILES string of the molecule is CSc1cccc2c3c(n(Cc4ccc(Cl)cc4)c12)CCCC3. The number of hydrogen-bond donors (Lipinski definition) is 0. The monoisotopic (exact) mass is 341 g/mol. The average molecular weight is 342 g/mol. The van der Waals surface area contributed by atoms with Gasteiger partial charge in [0.05, 0.1) is 5.52 Å². The summed E-state index contributed by atoms with van der Waals surface area (Å²) in [4.78, 5) is 1.38. The molecule has 1 heterocycles. The average Bonchev–Trinajstić information content (AvgIpc) is 2.91. The van der Waals surface area contributed by atoms with E-state index in [4.69, 9.17) is 11.6 Å². The van der Waals surface area contributed by atoms with E-state index in [-0.39, 0.29) is 0 Å². The van der Waals surface area contributed by atoms with Crippen molar-refractivity contribution in [3.8, 4) is 0 Å². The molecule has 1 nitrogen and oxygen atoms in total. The van der Waals surface area contributed by atoms with Crippen molar-refractivity contribution in [3.05, 3.63) is 64.3 Å². The van der Waals surface area contributed by atoms with Crippen LogP contribution in [0.5, 0.6) is 0 Å². The van der Waals surface area contributed by atoms with Gasteiger partial charge in [0.1, 0.15) is 0 Å². The number of aryl methyl sites for hydroxylation is 1. The van der Waals surface area contributed by atoms with E-state index in [0.29, 0.717) is 0 Å². The first-order chi connectivity index (χ1) is 11.3. The Labute approximate surface area is 146 Å². The Bertz CT molecular complexity index is 848. The minimum atomic E-state index is 0.804. The van der Waals surface area contributed by atoms with Crippen LogP contribution in [0.2, 0.25) is 5.02 Å². The van der Waals surface area contributed by atoms with Crippen molar-refractivity contribution < 1.29 is 0 Å². The van der Waals surface area contributed by atoms with E-state index in [0.717, 1.165) is 11.6 Å². The number of aromatic nitrogens is 1. The normalized spacial score (nSPS) is 14.2. The van der Waals surface area contributed by atoms with E-state index in [9.17, 15) is 0 Å². The van der Waals surface area contributed by atoms with Gasteiger partial charge in [0.15, 0.2) is 0 Å². The molecule has 0 N–H and O–H groups in total. The van der Waals surface area contributed by atoms with E-state index in [1.165, 1.54) is 47.0 Å². The number of para-hydroxylation sites is 1. The van der Waals surface area contributed by atoms with Gasteiger partial charge in [-0.2, -0.15) is 0 Å². The predicted molar refractivity (Wildman–Crippen MR) is 101 cm³/mol. The van der Waals surface area contributed by atoms with Crippen LogP contribution in [0.4, 0.5) is 0 Å². The highest BCUT2D eigenvalue weighted by molar-refractivity contribution is 7.98. The maximum Gasteiger partial charge on any atom is 0.0626 e. The van der Waals surface area contributed by atoms with Crippen molar-refractivity contribution in [3.63, 3.8) is 0 Å². The lowest BCUT2D eigenvalue weighted by Crippen LogP contribution is -2.09. The molecule has 3 aromatic rings. The van der Waals surface area contributed by atoms with Crippen LogP contribution in [0.1, 0.15) is 29.7 Å². The Morgan fingerprint density at radius 2 is 1.83 bits per heavy atom. The van der Waals surface area contributed by atoms with Gasteiger partial charge in [-0.25, -0.2) is 0 Å². The van der Waals surface area contributed by atoms with E-state index < -0.39 is 0 Å². The molecule has 0 bridgehead atoms. The molecule has 118 valence electrons. The Kier molecular flexibility index (Phi) is 4.13. The van der Waals surface area contributed by atoms with Gasteiger partial charge in [-0.3, -0.25) is 0 Å². The fourth-order valence-electron chi connectivity index (χ4n) is 3.77. The summed E-state index contributed by atoms with van der Waals surface area (Å²) in [6, 6.07) is 15.0. The van der Waals surface area contributed by atoms with Crippen LogP contribution in [0.25, 0.3) is 10.9 Å². The smallest absolute Gasteiger partial charge is 0.0626 e. The van der Waals surface area contributed by atoms with Crippen LogP contribution in [0, 0.1) is 0 Å². The van der Waals surface area contributed by atoms with Crippen molar-refractivity contribution in [1.82, 2.24) is 4.57 Å². The molecule has 3 heteroatoms. The van der Waals surface area contributed by atoms with Crippen LogP contribution in [0.3, 0.4) is 0 Å². The van der Waals surface area contributed by atoms with Crippen molar-refractivity contribution in [2.24, 2.45) is 0 Å². The molecule has 0 amide bonds. The van der Waals surface area contributed by atoms with Gasteiger partial charge < -0.3 is 4.57 Å². The van der Waals surface area contributed by atoms with Gasteiger partial charge in [-0.1, -0.05) is 35.9 Å². The number of rotatable bonds is 3. The largest absolute Gasteiger partial charge is 0.339 e. The van der Waals surface area contributed by atoms with Crippen LogP contribution < -0.4 is 0 Å². The molecule has 1 aliphatic rings. The molecule has 0 saturated heterocycles. The van der Waals surface area contributed by atoms with Gasteiger partial charge in [0.2, 0.25) is 0 Å². The molecule has 1 aromatic heterocycles. The first-order valence-corrected chi connectivity index (χ1v) is 9.79. The highest BCUT2D eigenvalue weighted by Gasteiger charge is 2.21. The predicted octanol–water partition coefficient (Wildman–Crippen LogP) is 5.94. The Hall–Kier alpha value is -1.38. The molecule has 0 spiro atoms. The summed E-state index contributed by atoms with van der Waals surface area (Å²) in [5.74, 6) is 0. The molecule has 0 aliphatic heterocycles.